The van der Waals surface area contributed by atoms with E-state index in [1.54, 1.807) is 36.0 Å². The van der Waals surface area contributed by atoms with E-state index in [-0.39, 0.29) is 38.3 Å². The molecule has 19 heteroatoms. The molecule has 2 aromatic carbocycles. The second-order valence-electron chi connectivity index (χ2n) is 12.8. The first-order chi connectivity index (χ1) is 26.8. The van der Waals surface area contributed by atoms with Crippen LogP contribution in [0.4, 0.5) is 11.4 Å². The van der Waals surface area contributed by atoms with Gasteiger partial charge < -0.3 is 36.0 Å². The maximum absolute atomic E-state index is 13.2. The molecule has 0 bridgehead atoms. The average molecular weight is 835 g/mol. The van der Waals surface area contributed by atoms with Crippen LogP contribution in [0.15, 0.2) is 52.2 Å². The molecule has 1 heterocycles. The summed E-state index contributed by atoms with van der Waals surface area (Å²) in [5.74, 6) is -2.37. The number of hydrogen-bond acceptors (Lipinski definition) is 13. The number of H-pyrrole nitrogens is 1. The van der Waals surface area contributed by atoms with Gasteiger partial charge in [-0.15, -0.1) is 11.8 Å². The Morgan fingerprint density at radius 2 is 1.25 bits per heavy atom. The van der Waals surface area contributed by atoms with Crippen LogP contribution in [-0.4, -0.2) is 165 Å². The number of nitrogens with zero attached hydrogens (tertiary/aromatic N) is 3. The molecule has 0 unspecified atom stereocenters. The fraction of sp³-hybridized carbons (Fsp3) is 0.459. The predicted molar refractivity (Wildman–Crippen MR) is 224 cm³/mol. The molecule has 0 aliphatic rings. The molecule has 0 fully saturated rings. The minimum absolute atomic E-state index is 0.00603. The van der Waals surface area contributed by atoms with Gasteiger partial charge in [0.1, 0.15) is 0 Å². The molecule has 56 heavy (non-hydrogen) atoms. The highest BCUT2D eigenvalue weighted by molar-refractivity contribution is 8.00. The number of hydrogen-bond donors (Lipinski definition) is 7. The molecular weight excluding hydrogens is 785 g/mol. The van der Waals surface area contributed by atoms with Crippen molar-refractivity contribution in [1.82, 2.24) is 19.7 Å². The SMILES string of the molecule is CSCCCNc1ccc(-c2cc(=O)[nH]c3cc(NC(=O)CN(CCN(CCN(CC(=O)O)CC(=O)O)CC(=O)O)CC(=O)O)ccc23)cc1SCCCSC. The lowest BCUT2D eigenvalue weighted by atomic mass is 10.0. The zero-order valence-corrected chi connectivity index (χ0v) is 33.9. The summed E-state index contributed by atoms with van der Waals surface area (Å²) in [5.41, 5.74) is 3.19. The minimum Gasteiger partial charge on any atom is -0.480 e. The normalized spacial score (nSPS) is 11.4. The van der Waals surface area contributed by atoms with Crippen molar-refractivity contribution in [3.8, 4) is 11.1 Å². The van der Waals surface area contributed by atoms with Gasteiger partial charge in [0, 0.05) is 60.4 Å². The minimum atomic E-state index is -1.25. The zero-order valence-electron chi connectivity index (χ0n) is 31.5. The summed E-state index contributed by atoms with van der Waals surface area (Å²) in [6.45, 7) is -1.78. The van der Waals surface area contributed by atoms with Gasteiger partial charge in [0.25, 0.3) is 0 Å². The van der Waals surface area contributed by atoms with E-state index in [1.165, 1.54) is 9.80 Å². The van der Waals surface area contributed by atoms with Gasteiger partial charge in [0.2, 0.25) is 11.5 Å². The second-order valence-corrected chi connectivity index (χ2v) is 15.9. The lowest BCUT2D eigenvalue weighted by Crippen LogP contribution is -2.46. The second kappa shape index (κ2) is 24.4. The molecule has 3 rings (SSSR count). The smallest absolute Gasteiger partial charge is 0.317 e. The van der Waals surface area contributed by atoms with Gasteiger partial charge in [-0.3, -0.25) is 43.5 Å². The number of aromatic nitrogens is 1. The zero-order chi connectivity index (χ0) is 41.0. The number of aliphatic carboxylic acids is 4. The number of benzene rings is 2. The Bertz CT molecular complexity index is 1850. The van der Waals surface area contributed by atoms with E-state index in [0.717, 1.165) is 68.6 Å². The Kier molecular flexibility index (Phi) is 20.1. The van der Waals surface area contributed by atoms with Crippen molar-refractivity contribution >= 4 is 87.3 Å². The molecule has 0 atom stereocenters. The number of nitrogens with one attached hydrogen (secondary N) is 3. The van der Waals surface area contributed by atoms with Crippen molar-refractivity contribution in [2.75, 3.05) is 106 Å². The number of amides is 1. The topological polar surface area (TPSA) is 233 Å². The first-order valence-corrected chi connectivity index (χ1v) is 21.5. The fourth-order valence-corrected chi connectivity index (χ4v) is 7.85. The van der Waals surface area contributed by atoms with Crippen LogP contribution >= 0.6 is 35.3 Å². The Morgan fingerprint density at radius 3 is 1.86 bits per heavy atom. The highest BCUT2D eigenvalue weighted by Crippen LogP contribution is 2.35. The van der Waals surface area contributed by atoms with Crippen molar-refractivity contribution in [2.45, 2.75) is 17.7 Å². The molecule has 3 aromatic rings. The lowest BCUT2D eigenvalue weighted by Gasteiger charge is -2.27. The van der Waals surface area contributed by atoms with Crippen molar-refractivity contribution in [3.63, 3.8) is 0 Å². The Labute approximate surface area is 337 Å². The summed E-state index contributed by atoms with van der Waals surface area (Å²) in [5, 5.41) is 44.2. The van der Waals surface area contributed by atoms with Crippen LogP contribution in [-0.2, 0) is 24.0 Å². The van der Waals surface area contributed by atoms with E-state index in [2.05, 4.69) is 34.2 Å². The van der Waals surface area contributed by atoms with E-state index in [0.29, 0.717) is 11.2 Å². The van der Waals surface area contributed by atoms with Crippen molar-refractivity contribution < 1.29 is 44.4 Å². The molecule has 306 valence electrons. The number of carboxylic acids is 4. The first kappa shape index (κ1) is 46.1. The number of anilines is 2. The summed E-state index contributed by atoms with van der Waals surface area (Å²) in [6, 6.07) is 12.8. The van der Waals surface area contributed by atoms with Crippen molar-refractivity contribution in [2.24, 2.45) is 0 Å². The van der Waals surface area contributed by atoms with Gasteiger partial charge in [-0.1, -0.05) is 12.1 Å². The molecule has 0 spiro atoms. The van der Waals surface area contributed by atoms with Crippen LogP contribution in [0.5, 0.6) is 0 Å². The van der Waals surface area contributed by atoms with Gasteiger partial charge in [-0.2, -0.15) is 23.5 Å². The Balaban J connectivity index is 1.77. The highest BCUT2D eigenvalue weighted by Gasteiger charge is 2.20. The van der Waals surface area contributed by atoms with Crippen molar-refractivity contribution in [1.29, 1.82) is 0 Å². The maximum atomic E-state index is 13.2. The predicted octanol–water partition coefficient (Wildman–Crippen LogP) is 3.39. The van der Waals surface area contributed by atoms with Gasteiger partial charge in [0.15, 0.2) is 0 Å². The summed E-state index contributed by atoms with van der Waals surface area (Å²) in [4.78, 5) is 79.4. The molecular formula is C37H50N6O10S3. The van der Waals surface area contributed by atoms with E-state index in [9.17, 15) is 39.0 Å². The number of rotatable bonds is 28. The van der Waals surface area contributed by atoms with Crippen LogP contribution in [0.1, 0.15) is 12.8 Å². The molecule has 0 saturated heterocycles. The van der Waals surface area contributed by atoms with Crippen molar-refractivity contribution in [3.05, 3.63) is 52.8 Å². The molecule has 7 N–H and O–H groups in total. The van der Waals surface area contributed by atoms with Gasteiger partial charge >= 0.3 is 23.9 Å². The molecule has 0 aliphatic heterocycles. The molecule has 0 radical (unpaired) electrons. The fourth-order valence-electron chi connectivity index (χ4n) is 5.79. The Hall–Kier alpha value is -4.27. The van der Waals surface area contributed by atoms with Gasteiger partial charge in [-0.05, 0) is 78.0 Å². The van der Waals surface area contributed by atoms with Crippen LogP contribution < -0.4 is 16.2 Å². The van der Waals surface area contributed by atoms with E-state index in [4.69, 9.17) is 10.2 Å². The largest absolute Gasteiger partial charge is 0.480 e. The summed E-state index contributed by atoms with van der Waals surface area (Å²) in [6.07, 6.45) is 6.28. The molecule has 16 nitrogen and oxygen atoms in total. The average Bonchev–Trinajstić information content (AvgIpc) is 3.11. The maximum Gasteiger partial charge on any atom is 0.317 e. The third-order valence-corrected chi connectivity index (χ3v) is 10.8. The quantitative estimate of drug-likeness (QED) is 0.0410. The van der Waals surface area contributed by atoms with E-state index in [1.807, 2.05) is 35.7 Å². The van der Waals surface area contributed by atoms with Crippen LogP contribution in [0.2, 0.25) is 0 Å². The summed E-state index contributed by atoms with van der Waals surface area (Å²) >= 11 is 5.40. The van der Waals surface area contributed by atoms with Gasteiger partial charge in [-0.25, -0.2) is 0 Å². The summed E-state index contributed by atoms with van der Waals surface area (Å²) in [7, 11) is 0. The number of carboxylic acid groups (broad SMARTS) is 4. The lowest BCUT2D eigenvalue weighted by molar-refractivity contribution is -0.143. The standard InChI is InChI=1S/C37H50N6O10S3/c1-54-14-3-9-38-29-8-5-25(17-31(29)56-16-4-15-55-2)28-19-32(44)40-30-18-26(6-7-27(28)30)39-33(45)20-42(22-35(48)49)12-10-41(21-34(46)47)11-13-43(23-36(50)51)24-37(52)53/h5-8,17-19,38H,3-4,9-16,20-24H2,1-2H3,(H,39,45)(H,40,44)(H,46,47)(H,48,49)(H,50,51)(H,52,53). The van der Waals surface area contributed by atoms with E-state index < -0.39 is 56.0 Å². The molecule has 0 saturated carbocycles. The first-order valence-electron chi connectivity index (χ1n) is 17.8. The number of aromatic amines is 1. The number of carbonyl (C=O) groups is 5. The summed E-state index contributed by atoms with van der Waals surface area (Å²) < 4.78 is 0. The van der Waals surface area contributed by atoms with Gasteiger partial charge in [0.05, 0.1) is 38.2 Å². The van der Waals surface area contributed by atoms with Crippen LogP contribution in [0, 0.1) is 0 Å². The molecule has 0 aliphatic carbocycles. The number of pyridine rings is 1. The van der Waals surface area contributed by atoms with Crippen LogP contribution in [0.3, 0.4) is 0 Å². The third kappa shape index (κ3) is 16.8. The molecule has 1 amide bonds. The number of fused-ring (bicyclic) bond motifs is 1. The molecule has 1 aromatic heterocycles. The highest BCUT2D eigenvalue weighted by atomic mass is 32.2. The van der Waals surface area contributed by atoms with E-state index >= 15 is 0 Å². The monoisotopic (exact) mass is 834 g/mol. The Morgan fingerprint density at radius 1 is 0.679 bits per heavy atom. The third-order valence-electron chi connectivity index (χ3n) is 8.28. The number of carbonyl (C=O) groups excluding carboxylic acids is 1. The number of thioether (sulfide) groups is 3. The van der Waals surface area contributed by atoms with Crippen LogP contribution in [0.25, 0.3) is 22.0 Å².